The van der Waals surface area contributed by atoms with Gasteiger partial charge in [0.05, 0.1) is 32.0 Å². The number of carbonyl (C=O) groups excluding carboxylic acids is 1. The van der Waals surface area contributed by atoms with Gasteiger partial charge in [-0.25, -0.2) is 0 Å². The molecule has 14 nitrogen and oxygen atoms in total. The normalized spacial score (nSPS) is 26.1. The van der Waals surface area contributed by atoms with Crippen molar-refractivity contribution in [2.45, 2.75) is 261 Å². The Morgan fingerprint density at radius 1 is 0.507 bits per heavy atom. The fourth-order valence-electron chi connectivity index (χ4n) is 8.76. The lowest BCUT2D eigenvalue weighted by Gasteiger charge is -2.46. The first kappa shape index (κ1) is 66.3. The van der Waals surface area contributed by atoms with Gasteiger partial charge >= 0.3 is 0 Å². The predicted molar refractivity (Wildman–Crippen MR) is 290 cm³/mol. The van der Waals surface area contributed by atoms with Crippen molar-refractivity contribution in [2.24, 2.45) is 0 Å². The van der Waals surface area contributed by atoms with Crippen molar-refractivity contribution in [3.63, 3.8) is 0 Å². The molecule has 2 aliphatic rings. The minimum absolute atomic E-state index is 0.250. The highest BCUT2D eigenvalue weighted by atomic mass is 16.7. The van der Waals surface area contributed by atoms with E-state index in [4.69, 9.17) is 18.9 Å². The number of amides is 1. The van der Waals surface area contributed by atoms with Crippen LogP contribution >= 0.6 is 0 Å². The van der Waals surface area contributed by atoms with E-state index in [-0.39, 0.29) is 18.9 Å². The van der Waals surface area contributed by atoms with Gasteiger partial charge < -0.3 is 65.1 Å². The van der Waals surface area contributed by atoms with Gasteiger partial charge in [-0.3, -0.25) is 4.79 Å². The van der Waals surface area contributed by atoms with E-state index in [1.807, 2.05) is 6.08 Å². The van der Waals surface area contributed by atoms with Crippen LogP contribution in [0, 0.1) is 0 Å². The second kappa shape index (κ2) is 44.3. The summed E-state index contributed by atoms with van der Waals surface area (Å²) >= 11 is 0. The fourth-order valence-corrected chi connectivity index (χ4v) is 8.76. The molecule has 0 aromatic carbocycles. The van der Waals surface area contributed by atoms with Gasteiger partial charge in [-0.1, -0.05) is 195 Å². The highest BCUT2D eigenvalue weighted by Gasteiger charge is 2.51. The molecule has 0 aromatic heterocycles. The van der Waals surface area contributed by atoms with Crippen molar-refractivity contribution in [2.75, 3.05) is 19.8 Å². The first-order valence-electron chi connectivity index (χ1n) is 28.3. The number of carbonyl (C=O) groups is 1. The Morgan fingerprint density at radius 2 is 0.945 bits per heavy atom. The van der Waals surface area contributed by atoms with Crippen LogP contribution in [-0.2, 0) is 23.7 Å². The van der Waals surface area contributed by atoms with E-state index in [0.717, 1.165) is 89.9 Å². The van der Waals surface area contributed by atoms with Crippen LogP contribution in [0.1, 0.15) is 187 Å². The van der Waals surface area contributed by atoms with Gasteiger partial charge in [-0.05, 0) is 70.6 Å². The van der Waals surface area contributed by atoms with E-state index >= 15 is 0 Å². The SMILES string of the molecule is CC/C=C\C/C=C\C/C=C\C/C=C\C/C=C\C/C=C\CCCCCCCCCCCCC(=O)NC(COC1OC(CO)C(OC2OC(CO)C(O)C(O)C2O)C(O)C1O)C(O)/C=C/CCCCCCCCCC. The van der Waals surface area contributed by atoms with Crippen molar-refractivity contribution in [3.8, 4) is 0 Å². The molecular formula is C59H101NO13. The maximum absolute atomic E-state index is 13.2. The van der Waals surface area contributed by atoms with E-state index in [2.05, 4.69) is 92.1 Å². The molecule has 2 aliphatic heterocycles. The van der Waals surface area contributed by atoms with Crippen LogP contribution in [0.2, 0.25) is 0 Å². The smallest absolute Gasteiger partial charge is 0.220 e. The standard InChI is InChI=1S/C59H101NO13/c1-3-5-7-9-11-13-15-16-17-18-19-20-21-22-23-24-25-26-27-28-29-30-31-32-33-35-37-39-41-43-51(64)60-47(48(63)42-40-38-36-34-14-12-10-8-6-4-2)46-70-58-56(69)54(67)57(50(45-62)72-58)73-59-55(68)53(66)52(65)49(44-61)71-59/h5,7,11,13,16-17,19-20,22-23,25-26,40,42,47-50,52-59,61-63,65-69H,3-4,6,8-10,12,14-15,18,21,24,27-39,41,43-46H2,1-2H3,(H,60,64)/b7-5-,13-11-,17-16-,20-19-,23-22-,26-25-,42-40+. The largest absolute Gasteiger partial charge is 0.394 e. The van der Waals surface area contributed by atoms with E-state index in [9.17, 15) is 45.6 Å². The summed E-state index contributed by atoms with van der Waals surface area (Å²) in [6.07, 6.45) is 42.0. The minimum atomic E-state index is -1.79. The van der Waals surface area contributed by atoms with Gasteiger partial charge in [0.1, 0.15) is 48.8 Å². The molecule has 12 atom stereocenters. The van der Waals surface area contributed by atoms with Crippen molar-refractivity contribution in [1.29, 1.82) is 0 Å². The average Bonchev–Trinajstić information content (AvgIpc) is 3.39. The second-order valence-corrected chi connectivity index (χ2v) is 19.7. The Hall–Kier alpha value is -2.83. The summed E-state index contributed by atoms with van der Waals surface area (Å²) in [5.41, 5.74) is 0. The second-order valence-electron chi connectivity index (χ2n) is 19.7. The Kier molecular flexibility index (Phi) is 40.2. The maximum atomic E-state index is 13.2. The minimum Gasteiger partial charge on any atom is -0.394 e. The lowest BCUT2D eigenvalue weighted by Crippen LogP contribution is -2.65. The summed E-state index contributed by atoms with van der Waals surface area (Å²) in [6.45, 7) is 2.63. The quantitative estimate of drug-likeness (QED) is 0.0206. The first-order valence-corrected chi connectivity index (χ1v) is 28.3. The lowest BCUT2D eigenvalue weighted by atomic mass is 9.97. The van der Waals surface area contributed by atoms with Crippen LogP contribution in [-0.4, -0.2) is 140 Å². The number of rotatable bonds is 43. The van der Waals surface area contributed by atoms with Gasteiger partial charge in [-0.15, -0.1) is 0 Å². The summed E-state index contributed by atoms with van der Waals surface area (Å²) in [5.74, 6) is -0.250. The summed E-state index contributed by atoms with van der Waals surface area (Å²) in [5, 5.41) is 86.8. The van der Waals surface area contributed by atoms with Gasteiger partial charge in [0.25, 0.3) is 0 Å². The van der Waals surface area contributed by atoms with Crippen molar-refractivity contribution >= 4 is 5.91 Å². The molecule has 2 saturated heterocycles. The third kappa shape index (κ3) is 30.5. The molecule has 0 bridgehead atoms. The fraction of sp³-hybridized carbons (Fsp3) is 0.746. The zero-order chi connectivity index (χ0) is 53.2. The summed E-state index contributed by atoms with van der Waals surface area (Å²) in [7, 11) is 0. The molecular weight excluding hydrogens is 931 g/mol. The number of unbranched alkanes of at least 4 members (excludes halogenated alkanes) is 18. The molecule has 2 fully saturated rings. The molecule has 0 saturated carbocycles. The van der Waals surface area contributed by atoms with E-state index < -0.39 is 86.8 Å². The van der Waals surface area contributed by atoms with Crippen LogP contribution in [0.4, 0.5) is 0 Å². The maximum Gasteiger partial charge on any atom is 0.220 e. The summed E-state index contributed by atoms with van der Waals surface area (Å²) < 4.78 is 22.7. The number of allylic oxidation sites excluding steroid dienone is 13. The molecule has 12 unspecified atom stereocenters. The van der Waals surface area contributed by atoms with Gasteiger partial charge in [0.15, 0.2) is 12.6 Å². The topological polar surface area (TPSA) is 228 Å². The molecule has 0 spiro atoms. The Balaban J connectivity index is 1.70. The third-order valence-electron chi connectivity index (χ3n) is 13.3. The predicted octanol–water partition coefficient (Wildman–Crippen LogP) is 8.94. The summed E-state index contributed by atoms with van der Waals surface area (Å²) in [6, 6.07) is -0.920. The Morgan fingerprint density at radius 3 is 1.45 bits per heavy atom. The van der Waals surface area contributed by atoms with Crippen LogP contribution in [0.5, 0.6) is 0 Å². The Labute approximate surface area is 440 Å². The highest BCUT2D eigenvalue weighted by molar-refractivity contribution is 5.76. The number of aliphatic hydroxyl groups excluding tert-OH is 8. The van der Waals surface area contributed by atoms with Crippen molar-refractivity contribution in [3.05, 3.63) is 85.1 Å². The lowest BCUT2D eigenvalue weighted by molar-refractivity contribution is -0.359. The number of hydrogen-bond acceptors (Lipinski definition) is 13. The number of ether oxygens (including phenoxy) is 4. The monoisotopic (exact) mass is 1030 g/mol. The molecule has 73 heavy (non-hydrogen) atoms. The molecule has 14 heteroatoms. The number of nitrogens with one attached hydrogen (secondary N) is 1. The van der Waals surface area contributed by atoms with Gasteiger partial charge in [-0.2, -0.15) is 0 Å². The molecule has 2 heterocycles. The van der Waals surface area contributed by atoms with Crippen LogP contribution in [0.15, 0.2) is 85.1 Å². The highest BCUT2D eigenvalue weighted by Crippen LogP contribution is 2.30. The molecule has 1 amide bonds. The van der Waals surface area contributed by atoms with Crippen molar-refractivity contribution in [1.82, 2.24) is 5.32 Å². The number of hydrogen-bond donors (Lipinski definition) is 9. The zero-order valence-electron chi connectivity index (χ0n) is 44.8. The van der Waals surface area contributed by atoms with Gasteiger partial charge in [0.2, 0.25) is 5.91 Å². The molecule has 0 aliphatic carbocycles. The van der Waals surface area contributed by atoms with E-state index in [1.54, 1.807) is 6.08 Å². The van der Waals surface area contributed by atoms with Crippen LogP contribution < -0.4 is 5.32 Å². The molecule has 0 aromatic rings. The zero-order valence-corrected chi connectivity index (χ0v) is 44.8. The van der Waals surface area contributed by atoms with E-state index in [0.29, 0.717) is 6.42 Å². The molecule has 420 valence electrons. The first-order chi connectivity index (χ1) is 35.6. The molecule has 0 radical (unpaired) electrons. The number of aliphatic hydroxyl groups is 8. The third-order valence-corrected chi connectivity index (χ3v) is 13.3. The average molecular weight is 1030 g/mol. The Bertz CT molecular complexity index is 1550. The van der Waals surface area contributed by atoms with Gasteiger partial charge in [0, 0.05) is 6.42 Å². The van der Waals surface area contributed by atoms with E-state index in [1.165, 1.54) is 70.6 Å². The molecule has 9 N–H and O–H groups in total. The van der Waals surface area contributed by atoms with Crippen LogP contribution in [0.3, 0.4) is 0 Å². The molecule has 2 rings (SSSR count). The van der Waals surface area contributed by atoms with Crippen LogP contribution in [0.25, 0.3) is 0 Å². The van der Waals surface area contributed by atoms with Crippen molar-refractivity contribution < 1.29 is 64.6 Å². The summed E-state index contributed by atoms with van der Waals surface area (Å²) in [4.78, 5) is 13.2.